The molecular weight excluding hydrogens is 194 g/mol. The summed E-state index contributed by atoms with van der Waals surface area (Å²) in [6.07, 6.45) is 3.14. The van der Waals surface area contributed by atoms with Crippen LogP contribution in [-0.4, -0.2) is 6.54 Å². The zero-order chi connectivity index (χ0) is 11.4. The fourth-order valence-electron chi connectivity index (χ4n) is 1.85. The molecule has 82 valence electrons. The van der Waals surface area contributed by atoms with E-state index in [2.05, 4.69) is 55.5 Å². The Morgan fingerprint density at radius 3 is 2.62 bits per heavy atom. The Morgan fingerprint density at radius 1 is 1.12 bits per heavy atom. The van der Waals surface area contributed by atoms with E-state index in [9.17, 15) is 0 Å². The first-order valence-electron chi connectivity index (χ1n) is 5.67. The standard InChI is InChI=1S/C15H17N/c1-12(5-4-10-16)14-9-8-13-6-2-3-7-15(13)11-14/h2-3,5-9,11H,4,10,16H2,1H3. The number of benzene rings is 2. The molecule has 2 aromatic rings. The maximum absolute atomic E-state index is 5.50. The summed E-state index contributed by atoms with van der Waals surface area (Å²) in [5.74, 6) is 0. The molecule has 2 rings (SSSR count). The van der Waals surface area contributed by atoms with E-state index in [1.54, 1.807) is 0 Å². The average Bonchev–Trinajstić information content (AvgIpc) is 2.35. The van der Waals surface area contributed by atoms with Crippen molar-refractivity contribution in [1.29, 1.82) is 0 Å². The molecule has 0 bridgehead atoms. The van der Waals surface area contributed by atoms with Gasteiger partial charge in [0.1, 0.15) is 0 Å². The largest absolute Gasteiger partial charge is 0.330 e. The molecule has 0 atom stereocenters. The lowest BCUT2D eigenvalue weighted by molar-refractivity contribution is 1.01. The van der Waals surface area contributed by atoms with E-state index in [-0.39, 0.29) is 0 Å². The summed E-state index contributed by atoms with van der Waals surface area (Å²) in [6.45, 7) is 2.85. The highest BCUT2D eigenvalue weighted by molar-refractivity contribution is 5.86. The molecule has 0 spiro atoms. The van der Waals surface area contributed by atoms with Crippen molar-refractivity contribution in [2.75, 3.05) is 6.54 Å². The van der Waals surface area contributed by atoms with Gasteiger partial charge in [-0.25, -0.2) is 0 Å². The number of hydrogen-bond donors (Lipinski definition) is 1. The van der Waals surface area contributed by atoms with E-state index in [0.717, 1.165) is 6.42 Å². The molecule has 0 aliphatic carbocycles. The van der Waals surface area contributed by atoms with Crippen molar-refractivity contribution in [2.45, 2.75) is 13.3 Å². The monoisotopic (exact) mass is 211 g/mol. The fraction of sp³-hybridized carbons (Fsp3) is 0.200. The lowest BCUT2D eigenvalue weighted by Crippen LogP contribution is -1.95. The molecule has 0 saturated heterocycles. The molecular formula is C15H17N. The summed E-state index contributed by atoms with van der Waals surface area (Å²) in [7, 11) is 0. The van der Waals surface area contributed by atoms with Crippen LogP contribution < -0.4 is 5.73 Å². The normalized spacial score (nSPS) is 12.0. The SMILES string of the molecule is CC(=CCCN)c1ccc2ccccc2c1. The second-order valence-corrected chi connectivity index (χ2v) is 4.03. The molecule has 0 aliphatic rings. The average molecular weight is 211 g/mol. The van der Waals surface area contributed by atoms with Crippen LogP contribution in [0.1, 0.15) is 18.9 Å². The molecule has 1 heteroatoms. The van der Waals surface area contributed by atoms with Crippen molar-refractivity contribution in [3.8, 4) is 0 Å². The van der Waals surface area contributed by atoms with E-state index in [1.165, 1.54) is 21.9 Å². The number of rotatable bonds is 3. The maximum atomic E-state index is 5.50. The molecule has 0 aromatic heterocycles. The molecule has 0 radical (unpaired) electrons. The van der Waals surface area contributed by atoms with Crippen LogP contribution in [0.15, 0.2) is 48.5 Å². The summed E-state index contributed by atoms with van der Waals surface area (Å²) in [5.41, 5.74) is 8.09. The zero-order valence-electron chi connectivity index (χ0n) is 9.61. The minimum Gasteiger partial charge on any atom is -0.330 e. The van der Waals surface area contributed by atoms with E-state index in [4.69, 9.17) is 5.73 Å². The molecule has 2 aromatic carbocycles. The molecule has 0 fully saturated rings. The summed E-state index contributed by atoms with van der Waals surface area (Å²) in [6, 6.07) is 15.0. The Balaban J connectivity index is 2.39. The predicted octanol–water partition coefficient (Wildman–Crippen LogP) is 3.59. The molecule has 1 nitrogen and oxygen atoms in total. The van der Waals surface area contributed by atoms with Crippen LogP contribution in [0, 0.1) is 0 Å². The Bertz CT molecular complexity index is 512. The Morgan fingerprint density at radius 2 is 1.88 bits per heavy atom. The first kappa shape index (κ1) is 10.9. The first-order chi connectivity index (χ1) is 7.81. The van der Waals surface area contributed by atoms with Crippen molar-refractivity contribution >= 4 is 16.3 Å². The predicted molar refractivity (Wildman–Crippen MR) is 71.3 cm³/mol. The van der Waals surface area contributed by atoms with Crippen LogP contribution >= 0.6 is 0 Å². The smallest absolute Gasteiger partial charge is 0.00424 e. The topological polar surface area (TPSA) is 26.0 Å². The van der Waals surface area contributed by atoms with Gasteiger partial charge in [0.25, 0.3) is 0 Å². The quantitative estimate of drug-likeness (QED) is 0.825. The minimum atomic E-state index is 0.713. The van der Waals surface area contributed by atoms with Gasteiger partial charge in [-0.05, 0) is 47.9 Å². The van der Waals surface area contributed by atoms with Gasteiger partial charge in [-0.2, -0.15) is 0 Å². The van der Waals surface area contributed by atoms with Crippen LogP contribution in [0.4, 0.5) is 0 Å². The minimum absolute atomic E-state index is 0.713. The molecule has 0 aliphatic heterocycles. The van der Waals surface area contributed by atoms with Crippen LogP contribution in [0.5, 0.6) is 0 Å². The van der Waals surface area contributed by atoms with Gasteiger partial charge in [-0.3, -0.25) is 0 Å². The third kappa shape index (κ3) is 2.31. The highest BCUT2D eigenvalue weighted by Crippen LogP contribution is 2.20. The Kier molecular flexibility index (Phi) is 3.37. The van der Waals surface area contributed by atoms with E-state index >= 15 is 0 Å². The molecule has 16 heavy (non-hydrogen) atoms. The van der Waals surface area contributed by atoms with Gasteiger partial charge < -0.3 is 5.73 Å². The highest BCUT2D eigenvalue weighted by atomic mass is 14.5. The van der Waals surface area contributed by atoms with E-state index in [0.29, 0.717) is 6.54 Å². The van der Waals surface area contributed by atoms with Crippen molar-refractivity contribution in [1.82, 2.24) is 0 Å². The van der Waals surface area contributed by atoms with E-state index < -0.39 is 0 Å². The van der Waals surface area contributed by atoms with Gasteiger partial charge >= 0.3 is 0 Å². The maximum Gasteiger partial charge on any atom is -0.00424 e. The number of nitrogens with two attached hydrogens (primary N) is 1. The number of hydrogen-bond acceptors (Lipinski definition) is 1. The number of allylic oxidation sites excluding steroid dienone is 1. The van der Waals surface area contributed by atoms with Gasteiger partial charge in [-0.1, -0.05) is 42.5 Å². The lowest BCUT2D eigenvalue weighted by atomic mass is 10.0. The van der Waals surface area contributed by atoms with Crippen LogP contribution in [-0.2, 0) is 0 Å². The second kappa shape index (κ2) is 4.95. The second-order valence-electron chi connectivity index (χ2n) is 4.03. The molecule has 2 N–H and O–H groups in total. The van der Waals surface area contributed by atoms with Gasteiger partial charge in [0, 0.05) is 0 Å². The van der Waals surface area contributed by atoms with Gasteiger partial charge in [0.2, 0.25) is 0 Å². The van der Waals surface area contributed by atoms with Crippen LogP contribution in [0.2, 0.25) is 0 Å². The molecule has 0 unspecified atom stereocenters. The van der Waals surface area contributed by atoms with Crippen molar-refractivity contribution in [3.05, 3.63) is 54.1 Å². The highest BCUT2D eigenvalue weighted by Gasteiger charge is 1.97. The summed E-state index contributed by atoms with van der Waals surface area (Å²) >= 11 is 0. The Hall–Kier alpha value is -1.60. The lowest BCUT2D eigenvalue weighted by Gasteiger charge is -2.04. The summed E-state index contributed by atoms with van der Waals surface area (Å²) in [4.78, 5) is 0. The van der Waals surface area contributed by atoms with E-state index in [1.807, 2.05) is 0 Å². The zero-order valence-corrected chi connectivity index (χ0v) is 9.61. The van der Waals surface area contributed by atoms with Crippen molar-refractivity contribution in [2.24, 2.45) is 5.73 Å². The van der Waals surface area contributed by atoms with Crippen molar-refractivity contribution < 1.29 is 0 Å². The van der Waals surface area contributed by atoms with Gasteiger partial charge in [0.15, 0.2) is 0 Å². The molecule has 0 heterocycles. The number of fused-ring (bicyclic) bond motifs is 1. The van der Waals surface area contributed by atoms with Gasteiger partial charge in [0.05, 0.1) is 0 Å². The summed E-state index contributed by atoms with van der Waals surface area (Å²) < 4.78 is 0. The summed E-state index contributed by atoms with van der Waals surface area (Å²) in [5, 5.41) is 2.58. The van der Waals surface area contributed by atoms with Crippen LogP contribution in [0.3, 0.4) is 0 Å². The third-order valence-corrected chi connectivity index (χ3v) is 2.82. The fourth-order valence-corrected chi connectivity index (χ4v) is 1.85. The van der Waals surface area contributed by atoms with Crippen molar-refractivity contribution in [3.63, 3.8) is 0 Å². The van der Waals surface area contributed by atoms with Crippen LogP contribution in [0.25, 0.3) is 16.3 Å². The third-order valence-electron chi connectivity index (χ3n) is 2.82. The molecule has 0 amide bonds. The first-order valence-corrected chi connectivity index (χ1v) is 5.67. The molecule has 0 saturated carbocycles. The Labute approximate surface area is 96.6 Å². The van der Waals surface area contributed by atoms with Gasteiger partial charge in [-0.15, -0.1) is 0 Å².